The van der Waals surface area contributed by atoms with E-state index < -0.39 is 0 Å². The van der Waals surface area contributed by atoms with Gasteiger partial charge in [0.1, 0.15) is 0 Å². The molecule has 0 unspecified atom stereocenters. The highest BCUT2D eigenvalue weighted by Crippen LogP contribution is 2.15. The summed E-state index contributed by atoms with van der Waals surface area (Å²) in [6.45, 7) is 11.5. The van der Waals surface area contributed by atoms with Crippen LogP contribution in [0.5, 0.6) is 0 Å². The van der Waals surface area contributed by atoms with Gasteiger partial charge in [-0.1, -0.05) is 12.1 Å². The van der Waals surface area contributed by atoms with Gasteiger partial charge in [-0.2, -0.15) is 10.5 Å². The Hall–Kier alpha value is -1.80. The summed E-state index contributed by atoms with van der Waals surface area (Å²) in [4.78, 5) is 0. The molecular weight excluding hydrogens is 196 g/mol. The van der Waals surface area contributed by atoms with E-state index in [4.69, 9.17) is 10.5 Å². The molecule has 1 rings (SSSR count). The smallest absolute Gasteiger partial charge is 0.0587 e. The first-order valence-corrected chi connectivity index (χ1v) is 5.11. The minimum atomic E-state index is 1.39. The van der Waals surface area contributed by atoms with Crippen LogP contribution in [0.1, 0.15) is 36.1 Å². The normalized spacial score (nSPS) is 7.25. The van der Waals surface area contributed by atoms with Crippen molar-refractivity contribution in [3.05, 3.63) is 34.4 Å². The Kier molecular flexibility index (Phi) is 10.1. The van der Waals surface area contributed by atoms with E-state index in [9.17, 15) is 0 Å². The van der Waals surface area contributed by atoms with Crippen molar-refractivity contribution < 1.29 is 0 Å². The molecule has 1 aromatic rings. The van der Waals surface area contributed by atoms with Crippen molar-refractivity contribution in [2.45, 2.75) is 41.5 Å². The molecule has 0 saturated heterocycles. The standard InChI is InChI=1S/C10H14.2C2H3N/c1-7-5-6-8(2)10(4)9(7)3;2*1-2-3/h5-6H,1-4H3;2*1H3. The number of hydrogen-bond acceptors (Lipinski definition) is 2. The third-order valence-corrected chi connectivity index (χ3v) is 2.33. The van der Waals surface area contributed by atoms with Crippen molar-refractivity contribution in [3.63, 3.8) is 0 Å². The van der Waals surface area contributed by atoms with Crippen LogP contribution in [0.2, 0.25) is 0 Å². The molecule has 0 aliphatic rings. The van der Waals surface area contributed by atoms with E-state index in [0.717, 1.165) is 0 Å². The third kappa shape index (κ3) is 6.62. The topological polar surface area (TPSA) is 47.6 Å². The first kappa shape index (κ1) is 16.6. The van der Waals surface area contributed by atoms with Crippen LogP contribution in [0.3, 0.4) is 0 Å². The minimum absolute atomic E-state index is 1.39. The summed E-state index contributed by atoms with van der Waals surface area (Å²) >= 11 is 0. The maximum absolute atomic E-state index is 7.32. The van der Waals surface area contributed by atoms with Gasteiger partial charge in [0.05, 0.1) is 12.1 Å². The Bertz CT molecular complexity index is 353. The van der Waals surface area contributed by atoms with Gasteiger partial charge >= 0.3 is 0 Å². The summed E-state index contributed by atoms with van der Waals surface area (Å²) in [7, 11) is 0. The van der Waals surface area contributed by atoms with E-state index in [0.29, 0.717) is 0 Å². The number of nitriles is 2. The molecule has 86 valence electrons. The second kappa shape index (κ2) is 9.74. The third-order valence-electron chi connectivity index (χ3n) is 2.33. The lowest BCUT2D eigenvalue weighted by atomic mass is 10.0. The van der Waals surface area contributed by atoms with Gasteiger partial charge in [0.2, 0.25) is 0 Å². The zero-order chi connectivity index (χ0) is 13.1. The molecule has 0 aliphatic heterocycles. The first-order valence-electron chi connectivity index (χ1n) is 5.11. The fourth-order valence-corrected chi connectivity index (χ4v) is 1.09. The molecule has 0 radical (unpaired) electrons. The van der Waals surface area contributed by atoms with E-state index in [2.05, 4.69) is 39.8 Å². The second-order valence-corrected chi connectivity index (χ2v) is 3.40. The van der Waals surface area contributed by atoms with Crippen LogP contribution < -0.4 is 0 Å². The lowest BCUT2D eigenvalue weighted by Crippen LogP contribution is -1.88. The summed E-state index contributed by atoms with van der Waals surface area (Å²) in [6.07, 6.45) is 0. The van der Waals surface area contributed by atoms with Gasteiger partial charge < -0.3 is 0 Å². The van der Waals surface area contributed by atoms with Crippen LogP contribution >= 0.6 is 0 Å². The zero-order valence-electron chi connectivity index (χ0n) is 11.0. The molecule has 0 saturated carbocycles. The van der Waals surface area contributed by atoms with Crippen molar-refractivity contribution in [3.8, 4) is 12.1 Å². The number of hydrogen-bond donors (Lipinski definition) is 0. The van der Waals surface area contributed by atoms with Gasteiger partial charge in [0, 0.05) is 13.8 Å². The van der Waals surface area contributed by atoms with E-state index in [-0.39, 0.29) is 0 Å². The average Bonchev–Trinajstić information content (AvgIpc) is 2.23. The zero-order valence-corrected chi connectivity index (χ0v) is 11.0. The second-order valence-electron chi connectivity index (χ2n) is 3.40. The summed E-state index contributed by atoms with van der Waals surface area (Å²) in [5, 5.41) is 14.6. The van der Waals surface area contributed by atoms with E-state index in [1.54, 1.807) is 12.1 Å². The quantitative estimate of drug-likeness (QED) is 0.658. The lowest BCUT2D eigenvalue weighted by molar-refractivity contribution is 1.22. The number of benzene rings is 1. The SMILES string of the molecule is CC#N.CC#N.Cc1ccc(C)c(C)c1C. The summed E-state index contributed by atoms with van der Waals surface area (Å²) in [6, 6.07) is 7.86. The average molecular weight is 216 g/mol. The molecule has 0 aliphatic carbocycles. The summed E-state index contributed by atoms with van der Waals surface area (Å²) in [5.41, 5.74) is 5.64. The van der Waals surface area contributed by atoms with Crippen LogP contribution in [0, 0.1) is 50.4 Å². The van der Waals surface area contributed by atoms with E-state index >= 15 is 0 Å². The van der Waals surface area contributed by atoms with Crippen molar-refractivity contribution in [2.24, 2.45) is 0 Å². The van der Waals surface area contributed by atoms with Crippen molar-refractivity contribution in [1.29, 1.82) is 10.5 Å². The lowest BCUT2D eigenvalue weighted by Gasteiger charge is -2.06. The van der Waals surface area contributed by atoms with Gasteiger partial charge in [-0.3, -0.25) is 0 Å². The molecule has 1 aromatic carbocycles. The maximum atomic E-state index is 7.32. The molecule has 0 bridgehead atoms. The Balaban J connectivity index is 0. The molecule has 0 spiro atoms. The number of rotatable bonds is 0. The van der Waals surface area contributed by atoms with Gasteiger partial charge in [-0.25, -0.2) is 0 Å². The molecule has 0 heterocycles. The van der Waals surface area contributed by atoms with Crippen molar-refractivity contribution in [2.75, 3.05) is 0 Å². The summed E-state index contributed by atoms with van der Waals surface area (Å²) in [5.74, 6) is 0. The number of aryl methyl sites for hydroxylation is 2. The maximum Gasteiger partial charge on any atom is 0.0587 e. The van der Waals surface area contributed by atoms with Gasteiger partial charge in [-0.15, -0.1) is 0 Å². The van der Waals surface area contributed by atoms with Crippen molar-refractivity contribution >= 4 is 0 Å². The molecule has 0 aromatic heterocycles. The van der Waals surface area contributed by atoms with Gasteiger partial charge in [0.15, 0.2) is 0 Å². The molecular formula is C14H20N2. The Morgan fingerprint density at radius 2 is 0.938 bits per heavy atom. The molecule has 0 N–H and O–H groups in total. The molecule has 16 heavy (non-hydrogen) atoms. The van der Waals surface area contributed by atoms with Crippen LogP contribution in [0.25, 0.3) is 0 Å². The van der Waals surface area contributed by atoms with Crippen LogP contribution in [0.15, 0.2) is 12.1 Å². The van der Waals surface area contributed by atoms with Gasteiger partial charge in [-0.05, 0) is 49.9 Å². The molecule has 2 nitrogen and oxygen atoms in total. The molecule has 2 heteroatoms. The highest BCUT2D eigenvalue weighted by atomic mass is 14.2. The van der Waals surface area contributed by atoms with Crippen LogP contribution in [-0.4, -0.2) is 0 Å². The minimum Gasteiger partial charge on any atom is -0.199 e. The molecule has 0 atom stereocenters. The highest BCUT2D eigenvalue weighted by Gasteiger charge is 1.97. The predicted molar refractivity (Wildman–Crippen MR) is 68.0 cm³/mol. The highest BCUT2D eigenvalue weighted by molar-refractivity contribution is 5.37. The van der Waals surface area contributed by atoms with E-state index in [1.807, 2.05) is 0 Å². The molecule has 0 fully saturated rings. The monoisotopic (exact) mass is 216 g/mol. The van der Waals surface area contributed by atoms with Crippen LogP contribution in [-0.2, 0) is 0 Å². The predicted octanol–water partition coefficient (Wildman–Crippen LogP) is 3.98. The Morgan fingerprint density at radius 3 is 1.12 bits per heavy atom. The first-order chi connectivity index (χ1) is 7.45. The van der Waals surface area contributed by atoms with Crippen molar-refractivity contribution in [1.82, 2.24) is 0 Å². The molecule has 0 amide bonds. The van der Waals surface area contributed by atoms with Gasteiger partial charge in [0.25, 0.3) is 0 Å². The Morgan fingerprint density at radius 1 is 0.750 bits per heavy atom. The fourth-order valence-electron chi connectivity index (χ4n) is 1.09. The Labute approximate surface area is 99.1 Å². The summed E-state index contributed by atoms with van der Waals surface area (Å²) < 4.78 is 0. The number of nitrogens with zero attached hydrogens (tertiary/aromatic N) is 2. The fraction of sp³-hybridized carbons (Fsp3) is 0.429. The largest absolute Gasteiger partial charge is 0.199 e. The van der Waals surface area contributed by atoms with E-state index in [1.165, 1.54) is 36.1 Å². The van der Waals surface area contributed by atoms with Crippen LogP contribution in [0.4, 0.5) is 0 Å².